The second-order valence-electron chi connectivity index (χ2n) is 8.10. The van der Waals surface area contributed by atoms with Gasteiger partial charge in [-0.3, -0.25) is 19.4 Å². The Morgan fingerprint density at radius 3 is 2.15 bits per heavy atom. The molecular weight excluding hydrogens is 432 g/mol. The van der Waals surface area contributed by atoms with E-state index >= 15 is 0 Å². The largest absolute Gasteiger partial charge is 0.373 e. The molecule has 0 spiro atoms. The number of anilines is 1. The molecule has 192 valence electrons. The molecule has 2 bridgehead atoms. The predicted molar refractivity (Wildman–Crippen MR) is 134 cm³/mol. The van der Waals surface area contributed by atoms with Gasteiger partial charge in [0.1, 0.15) is 5.72 Å². The number of benzene rings is 1. The van der Waals surface area contributed by atoms with E-state index in [1.807, 2.05) is 53.7 Å². The van der Waals surface area contributed by atoms with Crippen molar-refractivity contribution in [1.29, 1.82) is 0 Å². The number of carbonyl (C=O) groups excluding carboxylic acids is 4. The van der Waals surface area contributed by atoms with Gasteiger partial charge in [-0.25, -0.2) is 0 Å². The molecule has 3 atom stereocenters. The van der Waals surface area contributed by atoms with Crippen molar-refractivity contribution in [3.8, 4) is 0 Å². The zero-order chi connectivity index (χ0) is 26.5. The summed E-state index contributed by atoms with van der Waals surface area (Å²) < 4.78 is 0. The normalized spacial score (nSPS) is 27.0. The molecule has 2 fully saturated rings. The molecule has 3 unspecified atom stereocenters. The summed E-state index contributed by atoms with van der Waals surface area (Å²) in [5.41, 5.74) is -0.398. The molecule has 1 aromatic carbocycles. The first-order valence-electron chi connectivity index (χ1n) is 12.7. The Morgan fingerprint density at radius 2 is 1.59 bits per heavy atom. The smallest absolute Gasteiger partial charge is 0.371 e. The summed E-state index contributed by atoms with van der Waals surface area (Å²) in [5.74, 6) is -0.0145. The lowest BCUT2D eigenvalue weighted by Crippen LogP contribution is -2.70. The number of hydrogen-bond acceptors (Lipinski definition) is 6. The van der Waals surface area contributed by atoms with Crippen molar-refractivity contribution in [1.82, 2.24) is 4.90 Å². The SMILES string of the molecule is CC.CC.CC.CCC12CCCN3CCC(=O)c4ccccc4N(C(=O)C31)C(C)(O)C2.O=C=O. The fourth-order valence-electron chi connectivity index (χ4n) is 5.39. The molecule has 7 heteroatoms. The number of Topliss-reactive ketones (excluding diaryl/α,β-unsaturated/α-hetero) is 1. The van der Waals surface area contributed by atoms with Gasteiger partial charge in [-0.15, -0.1) is 0 Å². The first-order chi connectivity index (χ1) is 16.3. The van der Waals surface area contributed by atoms with Gasteiger partial charge in [0, 0.05) is 24.9 Å². The Morgan fingerprint density at radius 1 is 1.03 bits per heavy atom. The molecule has 0 saturated carbocycles. The van der Waals surface area contributed by atoms with Gasteiger partial charge in [-0.2, -0.15) is 9.59 Å². The molecule has 1 N–H and O–H groups in total. The maximum atomic E-state index is 13.6. The first-order valence-corrected chi connectivity index (χ1v) is 12.7. The summed E-state index contributed by atoms with van der Waals surface area (Å²) in [6.07, 6.45) is 4.03. The van der Waals surface area contributed by atoms with Crippen molar-refractivity contribution in [2.24, 2.45) is 5.41 Å². The fourth-order valence-corrected chi connectivity index (χ4v) is 5.39. The predicted octanol–water partition coefficient (Wildman–Crippen LogP) is 5.07. The van der Waals surface area contributed by atoms with E-state index in [1.165, 1.54) is 4.90 Å². The number of fused-ring (bicyclic) bond motifs is 3. The number of hydrogen-bond donors (Lipinski definition) is 1. The maximum Gasteiger partial charge on any atom is 0.373 e. The molecule has 3 aliphatic heterocycles. The van der Waals surface area contributed by atoms with Crippen LogP contribution in [-0.4, -0.2) is 52.7 Å². The van der Waals surface area contributed by atoms with Gasteiger partial charge in [0.2, 0.25) is 5.91 Å². The third-order valence-electron chi connectivity index (χ3n) is 6.46. The molecule has 7 nitrogen and oxygen atoms in total. The molecule has 34 heavy (non-hydrogen) atoms. The highest BCUT2D eigenvalue weighted by Crippen LogP contribution is 2.51. The third kappa shape index (κ3) is 6.41. The lowest BCUT2D eigenvalue weighted by Gasteiger charge is -2.58. The summed E-state index contributed by atoms with van der Waals surface area (Å²) in [6, 6.07) is 6.96. The number of para-hydroxylation sites is 1. The third-order valence-corrected chi connectivity index (χ3v) is 6.46. The van der Waals surface area contributed by atoms with E-state index in [9.17, 15) is 14.7 Å². The number of rotatable bonds is 1. The Kier molecular flexibility index (Phi) is 13.8. The first kappa shape index (κ1) is 31.7. The number of carbonyl (C=O) groups is 2. The van der Waals surface area contributed by atoms with Crippen LogP contribution in [0, 0.1) is 5.41 Å². The number of ketones is 1. The minimum atomic E-state index is -1.28. The van der Waals surface area contributed by atoms with Gasteiger partial charge in [-0.05, 0) is 50.3 Å². The van der Waals surface area contributed by atoms with Crippen molar-refractivity contribution in [3.05, 3.63) is 29.8 Å². The highest BCUT2D eigenvalue weighted by Gasteiger charge is 2.59. The van der Waals surface area contributed by atoms with Crippen LogP contribution in [-0.2, 0) is 14.4 Å². The van der Waals surface area contributed by atoms with Crippen LogP contribution >= 0.6 is 0 Å². The van der Waals surface area contributed by atoms with Gasteiger partial charge in [0.05, 0.1) is 11.7 Å². The summed E-state index contributed by atoms with van der Waals surface area (Å²) in [4.78, 5) is 46.3. The molecule has 4 rings (SSSR count). The number of piperidine rings is 2. The highest BCUT2D eigenvalue weighted by atomic mass is 16.3. The van der Waals surface area contributed by atoms with Gasteiger partial charge in [-0.1, -0.05) is 60.6 Å². The van der Waals surface area contributed by atoms with Gasteiger partial charge in [0.15, 0.2) is 5.78 Å². The zero-order valence-electron chi connectivity index (χ0n) is 22.3. The summed E-state index contributed by atoms with van der Waals surface area (Å²) in [7, 11) is 0. The van der Waals surface area contributed by atoms with E-state index in [4.69, 9.17) is 9.59 Å². The van der Waals surface area contributed by atoms with Gasteiger partial charge < -0.3 is 5.11 Å². The van der Waals surface area contributed by atoms with E-state index in [0.717, 1.165) is 25.8 Å². The average Bonchev–Trinajstić information content (AvgIpc) is 2.90. The Balaban J connectivity index is 0.00000108. The zero-order valence-corrected chi connectivity index (χ0v) is 22.3. The summed E-state index contributed by atoms with van der Waals surface area (Å²) in [6.45, 7) is 17.3. The topological polar surface area (TPSA) is 95.0 Å². The summed E-state index contributed by atoms with van der Waals surface area (Å²) >= 11 is 0. The lowest BCUT2D eigenvalue weighted by molar-refractivity contribution is -0.191. The molecular formula is C27H44N2O5. The van der Waals surface area contributed by atoms with Crippen molar-refractivity contribution < 1.29 is 24.3 Å². The fraction of sp³-hybridized carbons (Fsp3) is 0.667. The van der Waals surface area contributed by atoms with E-state index < -0.39 is 5.72 Å². The van der Waals surface area contributed by atoms with Crippen molar-refractivity contribution in [2.45, 2.75) is 99.3 Å². The standard InChI is InChI=1S/C20H26N2O3.3C2H6.CO2/c1-3-20-10-6-11-21-12-9-16(23)14-7-4-5-8-15(14)22(18(24)17(20)21)19(2,25)13-20;3*1-2;2-1-3/h4-5,7-8,17,25H,3,6,9-13H2,1-2H3;3*1-2H3;. The molecule has 0 aromatic heterocycles. The van der Waals surface area contributed by atoms with Crippen LogP contribution in [0.4, 0.5) is 5.69 Å². The van der Waals surface area contributed by atoms with E-state index in [1.54, 1.807) is 19.1 Å². The molecule has 1 aromatic rings. The van der Waals surface area contributed by atoms with E-state index in [2.05, 4.69) is 11.8 Å². The van der Waals surface area contributed by atoms with Crippen molar-refractivity contribution in [2.75, 3.05) is 18.0 Å². The maximum absolute atomic E-state index is 13.6. The highest BCUT2D eigenvalue weighted by molar-refractivity contribution is 6.08. The van der Waals surface area contributed by atoms with Gasteiger partial charge in [0.25, 0.3) is 0 Å². The molecule has 1 amide bonds. The molecule has 3 heterocycles. The Labute approximate surface area is 205 Å². The van der Waals surface area contributed by atoms with E-state index in [0.29, 0.717) is 30.6 Å². The molecule has 0 aliphatic carbocycles. The van der Waals surface area contributed by atoms with Crippen LogP contribution in [0.25, 0.3) is 0 Å². The van der Waals surface area contributed by atoms with Crippen LogP contribution < -0.4 is 4.90 Å². The van der Waals surface area contributed by atoms with Crippen molar-refractivity contribution >= 4 is 23.5 Å². The molecule has 3 aliphatic rings. The second-order valence-corrected chi connectivity index (χ2v) is 8.10. The molecule has 2 saturated heterocycles. The van der Waals surface area contributed by atoms with Crippen LogP contribution in [0.15, 0.2) is 24.3 Å². The minimum Gasteiger partial charge on any atom is -0.371 e. The van der Waals surface area contributed by atoms with Crippen LogP contribution in [0.2, 0.25) is 0 Å². The average molecular weight is 477 g/mol. The second kappa shape index (κ2) is 14.8. The minimum absolute atomic E-state index is 0.0411. The Bertz CT molecular complexity index is 817. The van der Waals surface area contributed by atoms with Crippen LogP contribution in [0.5, 0.6) is 0 Å². The number of aliphatic hydroxyl groups is 1. The van der Waals surface area contributed by atoms with Crippen LogP contribution in [0.1, 0.15) is 97.9 Å². The number of amides is 1. The molecule has 0 radical (unpaired) electrons. The summed E-state index contributed by atoms with van der Waals surface area (Å²) in [5, 5.41) is 11.3. The lowest BCUT2D eigenvalue weighted by atomic mass is 9.63. The Hall–Kier alpha value is -2.34. The van der Waals surface area contributed by atoms with Crippen LogP contribution in [0.3, 0.4) is 0 Å². The monoisotopic (exact) mass is 476 g/mol. The van der Waals surface area contributed by atoms with Crippen molar-refractivity contribution in [3.63, 3.8) is 0 Å². The van der Waals surface area contributed by atoms with E-state index in [-0.39, 0.29) is 29.3 Å². The quantitative estimate of drug-likeness (QED) is 0.608. The number of nitrogens with zero attached hydrogens (tertiary/aromatic N) is 2. The van der Waals surface area contributed by atoms with Gasteiger partial charge >= 0.3 is 6.15 Å².